The predicted molar refractivity (Wildman–Crippen MR) is 58.5 cm³/mol. The van der Waals surface area contributed by atoms with Crippen LogP contribution >= 0.6 is 0 Å². The summed E-state index contributed by atoms with van der Waals surface area (Å²) in [5.74, 6) is 0.0705. The molecule has 1 saturated heterocycles. The van der Waals surface area contributed by atoms with Gasteiger partial charge >= 0.3 is 0 Å². The second-order valence-electron chi connectivity index (χ2n) is 3.76. The third kappa shape index (κ3) is 2.24. The van der Waals surface area contributed by atoms with E-state index in [0.29, 0.717) is 5.56 Å². The molecule has 1 fully saturated rings. The number of aromatic nitrogens is 1. The van der Waals surface area contributed by atoms with Gasteiger partial charge in [-0.1, -0.05) is 0 Å². The summed E-state index contributed by atoms with van der Waals surface area (Å²) in [7, 11) is 2.03. The van der Waals surface area contributed by atoms with Crippen molar-refractivity contribution in [1.29, 1.82) is 0 Å². The highest BCUT2D eigenvalue weighted by Crippen LogP contribution is 2.19. The Morgan fingerprint density at radius 1 is 1.47 bits per heavy atom. The minimum Gasteiger partial charge on any atom is -0.378 e. The summed E-state index contributed by atoms with van der Waals surface area (Å²) in [6.07, 6.45) is 7.18. The van der Waals surface area contributed by atoms with Crippen LogP contribution in [0.15, 0.2) is 36.3 Å². The average molecular weight is 202 g/mol. The molecule has 0 atom stereocenters. The Labute approximate surface area is 89.4 Å². The number of ketones is 1. The molecule has 0 bridgehead atoms. The molecule has 0 saturated carbocycles. The number of pyridine rings is 1. The summed E-state index contributed by atoms with van der Waals surface area (Å²) >= 11 is 0. The van der Waals surface area contributed by atoms with Gasteiger partial charge in [0.2, 0.25) is 0 Å². The summed E-state index contributed by atoms with van der Waals surface area (Å²) in [6, 6.07) is 3.49. The van der Waals surface area contributed by atoms with Crippen LogP contribution in [0.4, 0.5) is 0 Å². The van der Waals surface area contributed by atoms with Gasteiger partial charge in [0.15, 0.2) is 5.78 Å². The second-order valence-corrected chi connectivity index (χ2v) is 3.76. The molecule has 0 aromatic carbocycles. The summed E-state index contributed by atoms with van der Waals surface area (Å²) in [5.41, 5.74) is 1.84. The number of allylic oxidation sites excluding steroid dienone is 2. The van der Waals surface area contributed by atoms with Crippen molar-refractivity contribution in [3.63, 3.8) is 0 Å². The van der Waals surface area contributed by atoms with Gasteiger partial charge < -0.3 is 4.90 Å². The van der Waals surface area contributed by atoms with Gasteiger partial charge in [-0.3, -0.25) is 9.78 Å². The van der Waals surface area contributed by atoms with Gasteiger partial charge in [-0.15, -0.1) is 0 Å². The van der Waals surface area contributed by atoms with E-state index in [2.05, 4.69) is 9.88 Å². The van der Waals surface area contributed by atoms with E-state index < -0.39 is 0 Å². The highest BCUT2D eigenvalue weighted by molar-refractivity contribution is 6.04. The van der Waals surface area contributed by atoms with Gasteiger partial charge in [0, 0.05) is 43.3 Å². The summed E-state index contributed by atoms with van der Waals surface area (Å²) in [4.78, 5) is 17.8. The van der Waals surface area contributed by atoms with E-state index in [4.69, 9.17) is 0 Å². The SMILES string of the molecule is CN1CCC/C1=C\C(=O)c1ccncc1. The highest BCUT2D eigenvalue weighted by Gasteiger charge is 2.14. The first-order chi connectivity index (χ1) is 7.27. The minimum absolute atomic E-state index is 0.0705. The lowest BCUT2D eigenvalue weighted by Crippen LogP contribution is -2.11. The Kier molecular flexibility index (Phi) is 2.81. The zero-order valence-corrected chi connectivity index (χ0v) is 8.81. The Hall–Kier alpha value is -1.64. The normalized spacial score (nSPS) is 18.5. The topological polar surface area (TPSA) is 33.2 Å². The third-order valence-electron chi connectivity index (χ3n) is 2.68. The monoisotopic (exact) mass is 202 g/mol. The van der Waals surface area contributed by atoms with Gasteiger partial charge in [0.05, 0.1) is 0 Å². The van der Waals surface area contributed by atoms with Crippen LogP contribution in [-0.2, 0) is 0 Å². The van der Waals surface area contributed by atoms with E-state index in [1.165, 1.54) is 0 Å². The third-order valence-corrected chi connectivity index (χ3v) is 2.68. The molecular weight excluding hydrogens is 188 g/mol. The summed E-state index contributed by atoms with van der Waals surface area (Å²) in [5, 5.41) is 0. The van der Waals surface area contributed by atoms with Crippen LogP contribution in [0.3, 0.4) is 0 Å². The quantitative estimate of drug-likeness (QED) is 0.542. The molecule has 78 valence electrons. The Balaban J connectivity index is 2.16. The molecule has 1 aromatic rings. The standard InChI is InChI=1S/C12H14N2O/c1-14-8-2-3-11(14)9-12(15)10-4-6-13-7-5-10/h4-7,9H,2-3,8H2,1H3/b11-9+. The molecule has 0 aliphatic carbocycles. The number of hydrogen-bond acceptors (Lipinski definition) is 3. The van der Waals surface area contributed by atoms with Crippen LogP contribution < -0.4 is 0 Å². The van der Waals surface area contributed by atoms with E-state index in [9.17, 15) is 4.79 Å². The fourth-order valence-corrected chi connectivity index (χ4v) is 1.77. The molecule has 1 aromatic heterocycles. The molecule has 0 unspecified atom stereocenters. The zero-order valence-electron chi connectivity index (χ0n) is 8.81. The van der Waals surface area contributed by atoms with Crippen LogP contribution in [0.1, 0.15) is 23.2 Å². The van der Waals surface area contributed by atoms with Gasteiger partial charge in [-0.2, -0.15) is 0 Å². The van der Waals surface area contributed by atoms with Crippen molar-refractivity contribution in [2.75, 3.05) is 13.6 Å². The molecule has 3 nitrogen and oxygen atoms in total. The van der Waals surface area contributed by atoms with Crippen molar-refractivity contribution < 1.29 is 4.79 Å². The lowest BCUT2D eigenvalue weighted by molar-refractivity contribution is 0.104. The molecule has 0 spiro atoms. The van der Waals surface area contributed by atoms with E-state index in [0.717, 1.165) is 25.1 Å². The Morgan fingerprint density at radius 3 is 2.80 bits per heavy atom. The molecule has 0 radical (unpaired) electrons. The van der Waals surface area contributed by atoms with Gasteiger partial charge in [-0.25, -0.2) is 0 Å². The van der Waals surface area contributed by atoms with Gasteiger partial charge in [0.1, 0.15) is 0 Å². The smallest absolute Gasteiger partial charge is 0.187 e. The first kappa shape index (κ1) is 9.90. The highest BCUT2D eigenvalue weighted by atomic mass is 16.1. The van der Waals surface area contributed by atoms with Gasteiger partial charge in [-0.05, 0) is 25.0 Å². The molecule has 15 heavy (non-hydrogen) atoms. The van der Waals surface area contributed by atoms with Crippen molar-refractivity contribution in [2.45, 2.75) is 12.8 Å². The van der Waals surface area contributed by atoms with Crippen LogP contribution in [0.2, 0.25) is 0 Å². The van der Waals surface area contributed by atoms with Crippen molar-refractivity contribution in [3.05, 3.63) is 41.9 Å². The fraction of sp³-hybridized carbons (Fsp3) is 0.333. The second kappa shape index (κ2) is 4.26. The fourth-order valence-electron chi connectivity index (χ4n) is 1.77. The number of carbonyl (C=O) groups excluding carboxylic acids is 1. The van der Waals surface area contributed by atoms with E-state index >= 15 is 0 Å². The van der Waals surface area contributed by atoms with E-state index in [1.807, 2.05) is 7.05 Å². The first-order valence-corrected chi connectivity index (χ1v) is 5.13. The van der Waals surface area contributed by atoms with Crippen LogP contribution in [0.25, 0.3) is 0 Å². The van der Waals surface area contributed by atoms with E-state index in [1.54, 1.807) is 30.6 Å². The molecule has 1 aliphatic rings. The molecule has 2 heterocycles. The van der Waals surface area contributed by atoms with Crippen LogP contribution in [0, 0.1) is 0 Å². The maximum Gasteiger partial charge on any atom is 0.187 e. The van der Waals surface area contributed by atoms with Crippen molar-refractivity contribution >= 4 is 5.78 Å². The Morgan fingerprint density at radius 2 is 2.20 bits per heavy atom. The van der Waals surface area contributed by atoms with Crippen LogP contribution in [-0.4, -0.2) is 29.3 Å². The molecule has 3 heteroatoms. The average Bonchev–Trinajstić information content (AvgIpc) is 2.66. The number of rotatable bonds is 2. The van der Waals surface area contributed by atoms with Crippen molar-refractivity contribution in [1.82, 2.24) is 9.88 Å². The van der Waals surface area contributed by atoms with Crippen molar-refractivity contribution in [2.24, 2.45) is 0 Å². The van der Waals surface area contributed by atoms with Crippen molar-refractivity contribution in [3.8, 4) is 0 Å². The summed E-state index contributed by atoms with van der Waals surface area (Å²) in [6.45, 7) is 1.05. The number of carbonyl (C=O) groups is 1. The first-order valence-electron chi connectivity index (χ1n) is 5.13. The largest absolute Gasteiger partial charge is 0.378 e. The van der Waals surface area contributed by atoms with E-state index in [-0.39, 0.29) is 5.78 Å². The maximum absolute atomic E-state index is 11.8. The molecule has 2 rings (SSSR count). The molecule has 1 aliphatic heterocycles. The lowest BCUT2D eigenvalue weighted by atomic mass is 10.1. The number of likely N-dealkylation sites (tertiary alicyclic amines) is 1. The molecule has 0 amide bonds. The van der Waals surface area contributed by atoms with Crippen LogP contribution in [0.5, 0.6) is 0 Å². The predicted octanol–water partition coefficient (Wildman–Crippen LogP) is 1.87. The Bertz CT molecular complexity index is 384. The lowest BCUT2D eigenvalue weighted by Gasteiger charge is -2.11. The minimum atomic E-state index is 0.0705. The molecular formula is C12H14N2O. The maximum atomic E-state index is 11.8. The molecule has 0 N–H and O–H groups in total. The number of hydrogen-bond donors (Lipinski definition) is 0. The zero-order chi connectivity index (χ0) is 10.7. The number of nitrogens with zero attached hydrogens (tertiary/aromatic N) is 2. The van der Waals surface area contributed by atoms with Gasteiger partial charge in [0.25, 0.3) is 0 Å². The summed E-state index contributed by atoms with van der Waals surface area (Å²) < 4.78 is 0.